The van der Waals surface area contributed by atoms with Crippen LogP contribution < -0.4 is 5.32 Å². The van der Waals surface area contributed by atoms with Crippen LogP contribution in [-0.4, -0.2) is 102 Å². The van der Waals surface area contributed by atoms with Crippen molar-refractivity contribution in [3.63, 3.8) is 0 Å². The maximum absolute atomic E-state index is 12.5. The van der Waals surface area contributed by atoms with Crippen LogP contribution in [0.2, 0.25) is 0 Å². The summed E-state index contributed by atoms with van der Waals surface area (Å²) in [5.41, 5.74) is 43.9. The van der Waals surface area contributed by atoms with E-state index in [1.54, 1.807) is 0 Å². The summed E-state index contributed by atoms with van der Waals surface area (Å²) >= 11 is 0. The Morgan fingerprint density at radius 2 is 1.54 bits per heavy atom. The molecule has 1 aliphatic heterocycles. The van der Waals surface area contributed by atoms with Crippen LogP contribution in [0, 0.1) is 0 Å². The molecule has 2 aliphatic rings. The summed E-state index contributed by atoms with van der Waals surface area (Å²) in [5.74, 6) is 0. The number of azide groups is 5. The molecular weight excluding hydrogens is 528 g/mol. The number of rotatable bonds is 12. The lowest BCUT2D eigenvalue weighted by Gasteiger charge is -2.46. The molecule has 1 aliphatic carbocycles. The number of amides is 1. The van der Waals surface area contributed by atoms with Crippen LogP contribution in [0.5, 0.6) is 0 Å². The monoisotopic (exact) mass is 552 g/mol. The number of alkyl carbamates (subject to hydrolysis) is 1. The fraction of sp³-hybridized carbons (Fsp3) is 0.938. The Labute approximate surface area is 217 Å². The minimum Gasteiger partial charge on any atom is -0.441 e. The number of aliphatic hydroxyl groups is 3. The van der Waals surface area contributed by atoms with Gasteiger partial charge < -0.3 is 34.8 Å². The first-order valence-corrected chi connectivity index (χ1v) is 11.3. The number of carbonyl (C=O) groups excluding carboxylic acids is 1. The van der Waals surface area contributed by atoms with E-state index in [1.165, 1.54) is 0 Å². The summed E-state index contributed by atoms with van der Waals surface area (Å²) < 4.78 is 16.7. The van der Waals surface area contributed by atoms with Gasteiger partial charge in [0, 0.05) is 37.6 Å². The zero-order valence-corrected chi connectivity index (χ0v) is 20.0. The lowest BCUT2D eigenvalue weighted by atomic mass is 9.84. The van der Waals surface area contributed by atoms with Crippen molar-refractivity contribution in [2.45, 2.75) is 73.9 Å². The van der Waals surface area contributed by atoms with Gasteiger partial charge in [0.05, 0.1) is 30.8 Å². The van der Waals surface area contributed by atoms with Gasteiger partial charge in [0.2, 0.25) is 0 Å². The normalized spacial score (nSPS) is 33.4. The first kappa shape index (κ1) is 30.8. The number of nitrogens with zero attached hydrogens (tertiary/aromatic N) is 15. The molecule has 23 heteroatoms. The van der Waals surface area contributed by atoms with Crippen LogP contribution in [0.3, 0.4) is 0 Å². The summed E-state index contributed by atoms with van der Waals surface area (Å²) in [6.45, 7) is -0.360. The standard InChI is InChI=1S/C16H24N16O7/c17-28-23-3-1-2-22-16(36)39-14-10(33)6(25-30-19)4-7(26-31-20)13(14)38-15-9(27-32-21)12(35)11(34)8(37-15)5-24-29-18/h6-15,33-35H,1-5H2,(H,22,36)/t6-,7+,8-,9-,10+,11-,12-,13-,14-,15-/m1/s1. The van der Waals surface area contributed by atoms with Gasteiger partial charge in [-0.3, -0.25) is 0 Å². The highest BCUT2D eigenvalue weighted by Gasteiger charge is 2.51. The molecule has 1 saturated heterocycles. The third-order valence-electron chi connectivity index (χ3n) is 5.80. The Morgan fingerprint density at radius 3 is 2.18 bits per heavy atom. The Balaban J connectivity index is 2.39. The van der Waals surface area contributed by atoms with Crippen molar-refractivity contribution in [2.75, 3.05) is 19.6 Å². The largest absolute Gasteiger partial charge is 0.441 e. The first-order chi connectivity index (χ1) is 18.8. The van der Waals surface area contributed by atoms with E-state index in [9.17, 15) is 20.1 Å². The van der Waals surface area contributed by atoms with Crippen molar-refractivity contribution in [3.8, 4) is 0 Å². The third kappa shape index (κ3) is 8.30. The molecule has 23 nitrogen and oxygen atoms in total. The van der Waals surface area contributed by atoms with Crippen molar-refractivity contribution in [3.05, 3.63) is 52.2 Å². The molecule has 0 aromatic carbocycles. The van der Waals surface area contributed by atoms with Gasteiger partial charge in [0.15, 0.2) is 12.4 Å². The van der Waals surface area contributed by atoms with E-state index in [1.807, 2.05) is 0 Å². The van der Waals surface area contributed by atoms with E-state index in [0.717, 1.165) is 0 Å². The maximum Gasteiger partial charge on any atom is 0.407 e. The van der Waals surface area contributed by atoms with Crippen molar-refractivity contribution in [2.24, 2.45) is 25.6 Å². The predicted molar refractivity (Wildman–Crippen MR) is 126 cm³/mol. The van der Waals surface area contributed by atoms with Crippen LogP contribution in [0.1, 0.15) is 12.8 Å². The van der Waals surface area contributed by atoms with Crippen LogP contribution in [0.15, 0.2) is 25.6 Å². The molecule has 1 amide bonds. The Morgan fingerprint density at radius 1 is 0.872 bits per heavy atom. The van der Waals surface area contributed by atoms with Gasteiger partial charge in [-0.05, 0) is 40.5 Å². The van der Waals surface area contributed by atoms with E-state index >= 15 is 0 Å². The SMILES string of the molecule is [N-]=[N+]=NCCCNC(=O)O[C@@H]1[C@@H](O)[C@H](N=[N+]=[N-])C[C@H](N=[N+]=[N-])[C@H]1O[C@H]1O[C@H](CN=[N+]=[N-])[C@@H](O)[C@H](O)[C@H]1N=[N+]=[N-]. The summed E-state index contributed by atoms with van der Waals surface area (Å²) in [4.78, 5) is 25.6. The summed E-state index contributed by atoms with van der Waals surface area (Å²) in [6.07, 6.45) is -12.4. The molecule has 0 radical (unpaired) electrons. The highest BCUT2D eigenvalue weighted by molar-refractivity contribution is 5.67. The number of ether oxygens (including phenoxy) is 3. The van der Waals surface area contributed by atoms with Crippen LogP contribution in [0.4, 0.5) is 4.79 Å². The molecule has 1 heterocycles. The zero-order chi connectivity index (χ0) is 28.8. The second-order valence-corrected chi connectivity index (χ2v) is 8.11. The van der Waals surface area contributed by atoms with Gasteiger partial charge in [-0.1, -0.05) is 25.6 Å². The molecule has 0 bridgehead atoms. The molecule has 0 aromatic heterocycles. The average molecular weight is 552 g/mol. The minimum absolute atomic E-state index is 0.0155. The lowest BCUT2D eigenvalue weighted by molar-refractivity contribution is -0.287. The number of carbonyl (C=O) groups is 1. The van der Waals surface area contributed by atoms with Crippen molar-refractivity contribution in [1.82, 2.24) is 5.32 Å². The summed E-state index contributed by atoms with van der Waals surface area (Å²) in [6, 6.07) is -4.05. The number of hydrogen-bond acceptors (Lipinski definition) is 12. The third-order valence-corrected chi connectivity index (χ3v) is 5.80. The van der Waals surface area contributed by atoms with Crippen molar-refractivity contribution >= 4 is 6.09 Å². The van der Waals surface area contributed by atoms with Crippen molar-refractivity contribution < 1.29 is 34.3 Å². The van der Waals surface area contributed by atoms with Gasteiger partial charge in [-0.15, -0.1) is 0 Å². The smallest absolute Gasteiger partial charge is 0.407 e. The van der Waals surface area contributed by atoms with Crippen LogP contribution in [-0.2, 0) is 14.2 Å². The highest BCUT2D eigenvalue weighted by Crippen LogP contribution is 2.34. The van der Waals surface area contributed by atoms with E-state index < -0.39 is 73.7 Å². The fourth-order valence-corrected chi connectivity index (χ4v) is 4.00. The van der Waals surface area contributed by atoms with Gasteiger partial charge >= 0.3 is 6.09 Å². The molecule has 0 aromatic rings. The van der Waals surface area contributed by atoms with Crippen LogP contribution >= 0.6 is 0 Å². The van der Waals surface area contributed by atoms with Gasteiger partial charge in [-0.25, -0.2) is 4.79 Å². The molecule has 0 unspecified atom stereocenters. The van der Waals surface area contributed by atoms with Gasteiger partial charge in [-0.2, -0.15) is 0 Å². The molecule has 0 spiro atoms. The Kier molecular flexibility index (Phi) is 12.5. The number of aliphatic hydroxyl groups excluding tert-OH is 3. The molecule has 210 valence electrons. The molecule has 2 fully saturated rings. The van der Waals surface area contributed by atoms with Gasteiger partial charge in [0.1, 0.15) is 24.4 Å². The first-order valence-electron chi connectivity index (χ1n) is 11.3. The number of nitrogens with one attached hydrogen (secondary N) is 1. The average Bonchev–Trinajstić information content (AvgIpc) is 2.91. The molecular formula is C16H24N16O7. The molecule has 4 N–H and O–H groups in total. The zero-order valence-electron chi connectivity index (χ0n) is 20.0. The second kappa shape index (κ2) is 15.8. The van der Waals surface area contributed by atoms with Crippen LogP contribution in [0.25, 0.3) is 52.2 Å². The lowest BCUT2D eigenvalue weighted by Crippen LogP contribution is -2.63. The minimum atomic E-state index is -1.76. The summed E-state index contributed by atoms with van der Waals surface area (Å²) in [7, 11) is 0. The second-order valence-electron chi connectivity index (χ2n) is 8.11. The summed E-state index contributed by atoms with van der Waals surface area (Å²) in [5, 5.41) is 51.1. The predicted octanol–water partition coefficient (Wildman–Crippen LogP) is 1.73. The fourth-order valence-electron chi connectivity index (χ4n) is 4.00. The maximum atomic E-state index is 12.5. The Hall–Kier alpha value is -4.38. The molecule has 39 heavy (non-hydrogen) atoms. The van der Waals surface area contributed by atoms with E-state index in [0.29, 0.717) is 0 Å². The van der Waals surface area contributed by atoms with Gasteiger partial charge in [0.25, 0.3) is 0 Å². The number of hydrogen-bond donors (Lipinski definition) is 4. The molecule has 10 atom stereocenters. The molecule has 2 rings (SSSR count). The Bertz CT molecular complexity index is 1090. The van der Waals surface area contributed by atoms with Crippen molar-refractivity contribution in [1.29, 1.82) is 0 Å². The molecule has 1 saturated carbocycles. The van der Waals surface area contributed by atoms with E-state index in [4.69, 9.17) is 41.9 Å². The van der Waals surface area contributed by atoms with E-state index in [2.05, 4.69) is 55.4 Å². The quantitative estimate of drug-likeness (QED) is 0.120. The topological polar surface area (TPSA) is 361 Å². The van der Waals surface area contributed by atoms with E-state index in [-0.39, 0.29) is 25.9 Å². The highest BCUT2D eigenvalue weighted by atomic mass is 16.7.